The SMILES string of the molecule is CCOc1cc(/C=C2/C(=O)N(c3ccc(CC)cc3)C(=S)N2CC(=O)OC)cc(Cl)c1O. The van der Waals surface area contributed by atoms with Gasteiger partial charge in [0, 0.05) is 0 Å². The summed E-state index contributed by atoms with van der Waals surface area (Å²) < 4.78 is 10.2. The fraction of sp³-hybridized carbons (Fsp3) is 0.261. The van der Waals surface area contributed by atoms with Gasteiger partial charge < -0.3 is 19.5 Å². The van der Waals surface area contributed by atoms with E-state index in [1.807, 2.05) is 31.2 Å². The van der Waals surface area contributed by atoms with Crippen molar-refractivity contribution in [1.82, 2.24) is 4.90 Å². The maximum absolute atomic E-state index is 13.4. The summed E-state index contributed by atoms with van der Waals surface area (Å²) >= 11 is 11.7. The first-order valence-electron chi connectivity index (χ1n) is 9.99. The molecule has 3 rings (SSSR count). The summed E-state index contributed by atoms with van der Waals surface area (Å²) in [6.07, 6.45) is 2.41. The third kappa shape index (κ3) is 4.71. The number of halogens is 1. The Kier molecular flexibility index (Phi) is 7.37. The molecule has 7 nitrogen and oxygen atoms in total. The number of amides is 1. The summed E-state index contributed by atoms with van der Waals surface area (Å²) in [5.41, 5.74) is 2.38. The van der Waals surface area contributed by atoms with E-state index in [1.165, 1.54) is 23.0 Å². The molecule has 0 saturated carbocycles. The molecule has 168 valence electrons. The third-order valence-corrected chi connectivity index (χ3v) is 5.60. The van der Waals surface area contributed by atoms with Crippen LogP contribution in [0.1, 0.15) is 25.0 Å². The van der Waals surface area contributed by atoms with E-state index in [1.54, 1.807) is 19.1 Å². The molecule has 0 bridgehead atoms. The number of hydrogen-bond acceptors (Lipinski definition) is 6. The average molecular weight is 475 g/mol. The van der Waals surface area contributed by atoms with Gasteiger partial charge in [0.15, 0.2) is 16.6 Å². The van der Waals surface area contributed by atoms with Crippen LogP contribution in [-0.2, 0) is 20.7 Å². The molecule has 1 heterocycles. The summed E-state index contributed by atoms with van der Waals surface area (Å²) in [5.74, 6) is -0.947. The predicted molar refractivity (Wildman–Crippen MR) is 127 cm³/mol. The highest BCUT2D eigenvalue weighted by atomic mass is 35.5. The number of esters is 1. The lowest BCUT2D eigenvalue weighted by molar-refractivity contribution is -0.140. The van der Waals surface area contributed by atoms with Crippen molar-refractivity contribution in [3.8, 4) is 11.5 Å². The Morgan fingerprint density at radius 2 is 1.91 bits per heavy atom. The van der Waals surface area contributed by atoms with E-state index in [0.29, 0.717) is 17.9 Å². The Balaban J connectivity index is 2.07. The molecule has 0 radical (unpaired) electrons. The summed E-state index contributed by atoms with van der Waals surface area (Å²) in [6, 6.07) is 10.5. The topological polar surface area (TPSA) is 79.3 Å². The zero-order valence-electron chi connectivity index (χ0n) is 17.9. The highest BCUT2D eigenvalue weighted by molar-refractivity contribution is 7.80. The smallest absolute Gasteiger partial charge is 0.325 e. The average Bonchev–Trinajstić information content (AvgIpc) is 3.01. The Labute approximate surface area is 196 Å². The lowest BCUT2D eigenvalue weighted by atomic mass is 10.1. The standard InChI is InChI=1S/C23H23ClN2O5S/c1-4-14-6-8-16(9-7-14)26-22(29)18(25(23(26)32)13-20(27)30-3)11-15-10-17(24)21(28)19(12-15)31-5-2/h6-12,28H,4-5,13H2,1-3H3/b18-11-. The first kappa shape index (κ1) is 23.6. The Bertz CT molecular complexity index is 1080. The van der Waals surface area contributed by atoms with Crippen molar-refractivity contribution in [3.63, 3.8) is 0 Å². The van der Waals surface area contributed by atoms with Crippen LogP contribution in [-0.4, -0.2) is 47.3 Å². The van der Waals surface area contributed by atoms with Gasteiger partial charge in [-0.3, -0.25) is 14.5 Å². The molecule has 1 N–H and O–H groups in total. The number of ether oxygens (including phenoxy) is 2. The highest BCUT2D eigenvalue weighted by Crippen LogP contribution is 2.37. The van der Waals surface area contributed by atoms with Gasteiger partial charge in [-0.25, -0.2) is 0 Å². The molecule has 0 aliphatic carbocycles. The lowest BCUT2D eigenvalue weighted by Crippen LogP contribution is -2.35. The number of carbonyl (C=O) groups is 2. The Morgan fingerprint density at radius 3 is 2.50 bits per heavy atom. The van der Waals surface area contributed by atoms with Gasteiger partial charge in [0.2, 0.25) is 0 Å². The van der Waals surface area contributed by atoms with Gasteiger partial charge in [-0.2, -0.15) is 0 Å². The van der Waals surface area contributed by atoms with Crippen molar-refractivity contribution in [2.45, 2.75) is 20.3 Å². The number of benzene rings is 2. The summed E-state index contributed by atoms with van der Waals surface area (Å²) in [4.78, 5) is 28.2. The minimum absolute atomic E-state index is 0.0716. The summed E-state index contributed by atoms with van der Waals surface area (Å²) in [7, 11) is 1.27. The van der Waals surface area contributed by atoms with Crippen molar-refractivity contribution in [1.29, 1.82) is 0 Å². The molecule has 0 aromatic heterocycles. The first-order valence-corrected chi connectivity index (χ1v) is 10.8. The summed E-state index contributed by atoms with van der Waals surface area (Å²) in [5, 5.41) is 10.3. The number of phenols is 1. The number of rotatable bonds is 7. The van der Waals surface area contributed by atoms with Gasteiger partial charge in [-0.05, 0) is 67.0 Å². The number of phenolic OH excluding ortho intramolecular Hbond substituents is 1. The Morgan fingerprint density at radius 1 is 1.22 bits per heavy atom. The number of aromatic hydroxyl groups is 1. The maximum atomic E-state index is 13.4. The lowest BCUT2D eigenvalue weighted by Gasteiger charge is -2.19. The monoisotopic (exact) mass is 474 g/mol. The number of aryl methyl sites for hydroxylation is 1. The quantitative estimate of drug-likeness (QED) is 0.367. The van der Waals surface area contributed by atoms with Crippen molar-refractivity contribution >= 4 is 52.6 Å². The van der Waals surface area contributed by atoms with Crippen molar-refractivity contribution in [2.75, 3.05) is 25.2 Å². The van der Waals surface area contributed by atoms with E-state index in [2.05, 4.69) is 0 Å². The number of methoxy groups -OCH3 is 1. The molecule has 1 aliphatic rings. The maximum Gasteiger partial charge on any atom is 0.325 e. The van der Waals surface area contributed by atoms with E-state index in [4.69, 9.17) is 33.3 Å². The zero-order valence-corrected chi connectivity index (χ0v) is 19.5. The predicted octanol–water partition coefficient (Wildman–Crippen LogP) is 4.15. The van der Waals surface area contributed by atoms with Gasteiger partial charge in [0.25, 0.3) is 5.91 Å². The minimum atomic E-state index is -0.548. The van der Waals surface area contributed by atoms with E-state index in [0.717, 1.165) is 12.0 Å². The minimum Gasteiger partial charge on any atom is -0.503 e. The van der Waals surface area contributed by atoms with Crippen molar-refractivity contribution in [2.24, 2.45) is 0 Å². The molecular formula is C23H23ClN2O5S. The zero-order chi connectivity index (χ0) is 23.4. The molecule has 1 fully saturated rings. The van der Waals surface area contributed by atoms with Crippen LogP contribution in [0.4, 0.5) is 5.69 Å². The highest BCUT2D eigenvalue weighted by Gasteiger charge is 2.40. The first-order chi connectivity index (χ1) is 15.3. The number of nitrogens with zero attached hydrogens (tertiary/aromatic N) is 2. The second-order valence-corrected chi connectivity index (χ2v) is 7.69. The largest absolute Gasteiger partial charge is 0.503 e. The molecule has 1 amide bonds. The molecule has 9 heteroatoms. The van der Waals surface area contributed by atoms with Crippen LogP contribution >= 0.6 is 23.8 Å². The molecule has 1 saturated heterocycles. The van der Waals surface area contributed by atoms with Crippen LogP contribution < -0.4 is 9.64 Å². The van der Waals surface area contributed by atoms with Crippen molar-refractivity contribution < 1.29 is 24.2 Å². The number of thiocarbonyl (C=S) groups is 1. The Hall–Kier alpha value is -3.10. The second-order valence-electron chi connectivity index (χ2n) is 6.92. The molecule has 1 aliphatic heterocycles. The molecule has 2 aromatic rings. The van der Waals surface area contributed by atoms with E-state index < -0.39 is 11.9 Å². The summed E-state index contributed by atoms with van der Waals surface area (Å²) in [6.45, 7) is 3.90. The van der Waals surface area contributed by atoms with Crippen LogP contribution in [0.25, 0.3) is 6.08 Å². The van der Waals surface area contributed by atoms with Gasteiger partial charge in [-0.1, -0.05) is 30.7 Å². The van der Waals surface area contributed by atoms with Gasteiger partial charge in [0.05, 0.1) is 24.4 Å². The molecule has 32 heavy (non-hydrogen) atoms. The third-order valence-electron chi connectivity index (χ3n) is 4.91. The molecule has 2 aromatic carbocycles. The van der Waals surface area contributed by atoms with E-state index in [-0.39, 0.29) is 33.9 Å². The molecule has 0 unspecified atom stereocenters. The number of hydrogen-bond donors (Lipinski definition) is 1. The van der Waals surface area contributed by atoms with E-state index in [9.17, 15) is 14.7 Å². The molecule has 0 spiro atoms. The van der Waals surface area contributed by atoms with Crippen LogP contribution in [0.2, 0.25) is 5.02 Å². The van der Waals surface area contributed by atoms with Crippen LogP contribution in [0, 0.1) is 0 Å². The van der Waals surface area contributed by atoms with Crippen LogP contribution in [0.5, 0.6) is 11.5 Å². The van der Waals surface area contributed by atoms with Gasteiger partial charge in [0.1, 0.15) is 12.2 Å². The van der Waals surface area contributed by atoms with E-state index >= 15 is 0 Å². The van der Waals surface area contributed by atoms with Gasteiger partial charge >= 0.3 is 5.97 Å². The fourth-order valence-electron chi connectivity index (χ4n) is 3.24. The van der Waals surface area contributed by atoms with Crippen LogP contribution in [0.15, 0.2) is 42.1 Å². The fourth-order valence-corrected chi connectivity index (χ4v) is 3.81. The van der Waals surface area contributed by atoms with Gasteiger partial charge in [-0.15, -0.1) is 0 Å². The van der Waals surface area contributed by atoms with Crippen LogP contribution in [0.3, 0.4) is 0 Å². The number of carbonyl (C=O) groups excluding carboxylic acids is 2. The molecular weight excluding hydrogens is 452 g/mol. The second kappa shape index (κ2) is 10.0. The molecule has 0 atom stereocenters. The normalized spacial score (nSPS) is 14.9. The number of anilines is 1. The van der Waals surface area contributed by atoms with Crippen molar-refractivity contribution in [3.05, 3.63) is 58.2 Å².